The Bertz CT molecular complexity index is 1220. The van der Waals surface area contributed by atoms with E-state index in [0.29, 0.717) is 11.4 Å². The zero-order valence-corrected chi connectivity index (χ0v) is 17.7. The third kappa shape index (κ3) is 4.08. The standard InChI is InChI=1S/C26H25N3O/c1-17(30)19-8-7-9-21(16-19)27-25-22-10-5-6-11-23(22)28-24(29-25)18-12-14-20(15-13-18)26(2,3)4/h5-16H,1-4H3,(H,27,28,29). The van der Waals surface area contributed by atoms with E-state index in [1.54, 1.807) is 6.92 Å². The Labute approximate surface area is 177 Å². The molecule has 30 heavy (non-hydrogen) atoms. The van der Waals surface area contributed by atoms with Crippen LogP contribution in [0.4, 0.5) is 11.5 Å². The molecule has 0 aliphatic rings. The van der Waals surface area contributed by atoms with Gasteiger partial charge in [0.25, 0.3) is 0 Å². The van der Waals surface area contributed by atoms with E-state index < -0.39 is 0 Å². The maximum absolute atomic E-state index is 11.7. The van der Waals surface area contributed by atoms with Crippen molar-refractivity contribution in [1.29, 1.82) is 0 Å². The second-order valence-electron chi connectivity index (χ2n) is 8.50. The lowest BCUT2D eigenvalue weighted by molar-refractivity contribution is 0.101. The molecule has 4 rings (SSSR count). The minimum Gasteiger partial charge on any atom is -0.340 e. The van der Waals surface area contributed by atoms with E-state index in [4.69, 9.17) is 9.97 Å². The Morgan fingerprint density at radius 3 is 2.30 bits per heavy atom. The molecule has 0 unspecified atom stereocenters. The highest BCUT2D eigenvalue weighted by Crippen LogP contribution is 2.29. The van der Waals surface area contributed by atoms with E-state index >= 15 is 0 Å². The molecule has 4 heteroatoms. The summed E-state index contributed by atoms with van der Waals surface area (Å²) in [4.78, 5) is 21.4. The van der Waals surface area contributed by atoms with Crippen LogP contribution in [0.2, 0.25) is 0 Å². The van der Waals surface area contributed by atoms with E-state index in [1.807, 2.05) is 48.5 Å². The number of para-hydroxylation sites is 1. The summed E-state index contributed by atoms with van der Waals surface area (Å²) in [5.74, 6) is 1.42. The normalized spacial score (nSPS) is 11.5. The quantitative estimate of drug-likeness (QED) is 0.399. The van der Waals surface area contributed by atoms with Crippen LogP contribution in [0.5, 0.6) is 0 Å². The van der Waals surface area contributed by atoms with Crippen LogP contribution in [0.3, 0.4) is 0 Å². The van der Waals surface area contributed by atoms with Gasteiger partial charge in [0, 0.05) is 22.2 Å². The fourth-order valence-corrected chi connectivity index (χ4v) is 3.37. The molecule has 0 aliphatic heterocycles. The Morgan fingerprint density at radius 2 is 1.60 bits per heavy atom. The first-order valence-electron chi connectivity index (χ1n) is 10.1. The number of anilines is 2. The number of nitrogens with zero attached hydrogens (tertiary/aromatic N) is 2. The number of carbonyl (C=O) groups excluding carboxylic acids is 1. The van der Waals surface area contributed by atoms with Gasteiger partial charge in [-0.3, -0.25) is 4.79 Å². The van der Waals surface area contributed by atoms with E-state index in [0.717, 1.165) is 28.0 Å². The highest BCUT2D eigenvalue weighted by atomic mass is 16.1. The van der Waals surface area contributed by atoms with Gasteiger partial charge in [0.05, 0.1) is 5.52 Å². The zero-order valence-electron chi connectivity index (χ0n) is 17.7. The van der Waals surface area contributed by atoms with E-state index in [-0.39, 0.29) is 11.2 Å². The first kappa shape index (κ1) is 19.8. The molecular formula is C26H25N3O. The minimum absolute atomic E-state index is 0.0332. The number of benzene rings is 3. The molecule has 0 aliphatic carbocycles. The van der Waals surface area contributed by atoms with Crippen LogP contribution in [-0.4, -0.2) is 15.8 Å². The molecule has 0 atom stereocenters. The van der Waals surface area contributed by atoms with Crippen LogP contribution in [0, 0.1) is 0 Å². The number of nitrogens with one attached hydrogen (secondary N) is 1. The number of aromatic nitrogens is 2. The predicted octanol–water partition coefficient (Wildman–Crippen LogP) is 6.54. The van der Waals surface area contributed by atoms with Crippen molar-refractivity contribution < 1.29 is 4.79 Å². The van der Waals surface area contributed by atoms with Gasteiger partial charge in [-0.05, 0) is 42.2 Å². The number of hydrogen-bond donors (Lipinski definition) is 1. The van der Waals surface area contributed by atoms with Crippen LogP contribution < -0.4 is 5.32 Å². The van der Waals surface area contributed by atoms with E-state index in [9.17, 15) is 4.79 Å². The third-order valence-electron chi connectivity index (χ3n) is 5.14. The molecule has 1 aromatic heterocycles. The minimum atomic E-state index is 0.0332. The molecule has 0 spiro atoms. The summed E-state index contributed by atoms with van der Waals surface area (Å²) in [6.07, 6.45) is 0. The van der Waals surface area contributed by atoms with Crippen LogP contribution in [0.15, 0.2) is 72.8 Å². The number of fused-ring (bicyclic) bond motifs is 1. The predicted molar refractivity (Wildman–Crippen MR) is 123 cm³/mol. The van der Waals surface area contributed by atoms with Gasteiger partial charge in [-0.1, -0.05) is 69.3 Å². The van der Waals surface area contributed by atoms with Crippen molar-refractivity contribution in [1.82, 2.24) is 9.97 Å². The van der Waals surface area contributed by atoms with Crippen molar-refractivity contribution in [2.45, 2.75) is 33.1 Å². The summed E-state index contributed by atoms with van der Waals surface area (Å²) in [6.45, 7) is 8.17. The van der Waals surface area contributed by atoms with Crippen molar-refractivity contribution in [3.05, 3.63) is 83.9 Å². The maximum Gasteiger partial charge on any atom is 0.162 e. The highest BCUT2D eigenvalue weighted by molar-refractivity contribution is 5.96. The maximum atomic E-state index is 11.7. The average Bonchev–Trinajstić information content (AvgIpc) is 2.73. The number of ketones is 1. The SMILES string of the molecule is CC(=O)c1cccc(Nc2nc(-c3ccc(C(C)(C)C)cc3)nc3ccccc23)c1. The molecular weight excluding hydrogens is 370 g/mol. The topological polar surface area (TPSA) is 54.9 Å². The van der Waals surface area contributed by atoms with Gasteiger partial charge in [-0.25, -0.2) is 9.97 Å². The van der Waals surface area contributed by atoms with Gasteiger partial charge in [-0.15, -0.1) is 0 Å². The lowest BCUT2D eigenvalue weighted by Crippen LogP contribution is -2.10. The second kappa shape index (κ2) is 7.71. The molecule has 150 valence electrons. The second-order valence-corrected chi connectivity index (χ2v) is 8.50. The molecule has 0 radical (unpaired) electrons. The van der Waals surface area contributed by atoms with Crippen molar-refractivity contribution in [3.63, 3.8) is 0 Å². The third-order valence-corrected chi connectivity index (χ3v) is 5.14. The van der Waals surface area contributed by atoms with E-state index in [2.05, 4.69) is 50.4 Å². The summed E-state index contributed by atoms with van der Waals surface area (Å²) in [5, 5.41) is 4.32. The first-order valence-corrected chi connectivity index (χ1v) is 10.1. The lowest BCUT2D eigenvalue weighted by atomic mass is 9.87. The molecule has 0 saturated carbocycles. The largest absolute Gasteiger partial charge is 0.340 e. The van der Waals surface area contributed by atoms with Gasteiger partial charge in [0.15, 0.2) is 11.6 Å². The Balaban J connectivity index is 1.78. The summed E-state index contributed by atoms with van der Waals surface area (Å²) in [5.41, 5.74) is 4.68. The molecule has 4 aromatic rings. The van der Waals surface area contributed by atoms with Gasteiger partial charge >= 0.3 is 0 Å². The molecule has 0 saturated heterocycles. The number of hydrogen-bond acceptors (Lipinski definition) is 4. The Morgan fingerprint density at radius 1 is 0.867 bits per heavy atom. The number of rotatable bonds is 4. The van der Waals surface area contributed by atoms with Crippen LogP contribution in [0.1, 0.15) is 43.6 Å². The zero-order chi connectivity index (χ0) is 21.3. The van der Waals surface area contributed by atoms with Gasteiger partial charge in [-0.2, -0.15) is 0 Å². The summed E-state index contributed by atoms with van der Waals surface area (Å²) in [7, 11) is 0. The molecule has 1 N–H and O–H groups in total. The molecule has 0 amide bonds. The Kier molecular flexibility index (Phi) is 5.08. The average molecular weight is 396 g/mol. The van der Waals surface area contributed by atoms with Gasteiger partial charge in [0.1, 0.15) is 5.82 Å². The molecule has 4 nitrogen and oxygen atoms in total. The van der Waals surface area contributed by atoms with Crippen LogP contribution in [-0.2, 0) is 5.41 Å². The first-order chi connectivity index (χ1) is 14.3. The van der Waals surface area contributed by atoms with Crippen molar-refractivity contribution in [2.75, 3.05) is 5.32 Å². The monoisotopic (exact) mass is 395 g/mol. The highest BCUT2D eigenvalue weighted by Gasteiger charge is 2.15. The summed E-state index contributed by atoms with van der Waals surface area (Å²) in [6, 6.07) is 23.8. The molecule has 0 bridgehead atoms. The molecule has 1 heterocycles. The van der Waals surface area contributed by atoms with Crippen molar-refractivity contribution >= 4 is 28.2 Å². The van der Waals surface area contributed by atoms with Crippen LogP contribution >= 0.6 is 0 Å². The van der Waals surface area contributed by atoms with Gasteiger partial charge in [0.2, 0.25) is 0 Å². The fourth-order valence-electron chi connectivity index (χ4n) is 3.37. The number of carbonyl (C=O) groups is 1. The van der Waals surface area contributed by atoms with Gasteiger partial charge < -0.3 is 5.32 Å². The van der Waals surface area contributed by atoms with Crippen molar-refractivity contribution in [2.24, 2.45) is 0 Å². The fraction of sp³-hybridized carbons (Fsp3) is 0.192. The van der Waals surface area contributed by atoms with Crippen LogP contribution in [0.25, 0.3) is 22.3 Å². The lowest BCUT2D eigenvalue weighted by Gasteiger charge is -2.19. The van der Waals surface area contributed by atoms with Crippen molar-refractivity contribution in [3.8, 4) is 11.4 Å². The molecule has 0 fully saturated rings. The summed E-state index contributed by atoms with van der Waals surface area (Å²) >= 11 is 0. The summed E-state index contributed by atoms with van der Waals surface area (Å²) < 4.78 is 0. The molecule has 3 aromatic carbocycles. The Hall–Kier alpha value is -3.53. The number of Topliss-reactive ketones (excluding diaryl/α,β-unsaturated/α-hetero) is 1. The van der Waals surface area contributed by atoms with E-state index in [1.165, 1.54) is 5.56 Å². The smallest absolute Gasteiger partial charge is 0.162 e.